The molecule has 3 heteroatoms. The topological polar surface area (TPSA) is 45.1 Å². The number of fused-ring (bicyclic) bond motifs is 1. The van der Waals surface area contributed by atoms with Gasteiger partial charge in [0.25, 0.3) is 0 Å². The van der Waals surface area contributed by atoms with Crippen molar-refractivity contribution in [3.63, 3.8) is 0 Å². The van der Waals surface area contributed by atoms with Gasteiger partial charge in [-0.05, 0) is 51.2 Å². The Kier molecular flexibility index (Phi) is 2.88. The van der Waals surface area contributed by atoms with Crippen LogP contribution in [0.5, 0.6) is 0 Å². The number of hydrogen-bond donors (Lipinski definition) is 2. The van der Waals surface area contributed by atoms with Crippen molar-refractivity contribution >= 4 is 16.6 Å². The monoisotopic (exact) mass is 217 g/mol. The van der Waals surface area contributed by atoms with Gasteiger partial charge in [0.2, 0.25) is 0 Å². The number of hydrogen-bond acceptors (Lipinski definition) is 2. The Labute approximate surface area is 96.2 Å². The third-order valence-corrected chi connectivity index (χ3v) is 2.95. The predicted molar refractivity (Wildman–Crippen MR) is 69.7 cm³/mol. The van der Waals surface area contributed by atoms with Gasteiger partial charge in [0.05, 0.1) is 0 Å². The molecule has 2 rings (SSSR count). The molecule has 0 unspecified atom stereocenters. The van der Waals surface area contributed by atoms with Crippen LogP contribution < -0.4 is 5.73 Å². The van der Waals surface area contributed by atoms with Crippen LogP contribution in [0.3, 0.4) is 0 Å². The molecule has 0 spiro atoms. The van der Waals surface area contributed by atoms with Gasteiger partial charge in [-0.3, -0.25) is 0 Å². The maximum absolute atomic E-state index is 5.83. The zero-order chi connectivity index (χ0) is 11.7. The number of H-pyrrole nitrogens is 1. The van der Waals surface area contributed by atoms with Crippen LogP contribution in [0, 0.1) is 6.92 Å². The van der Waals surface area contributed by atoms with Crippen LogP contribution in [0.15, 0.2) is 18.2 Å². The van der Waals surface area contributed by atoms with E-state index in [0.717, 1.165) is 18.7 Å². The van der Waals surface area contributed by atoms with Gasteiger partial charge in [-0.1, -0.05) is 0 Å². The summed E-state index contributed by atoms with van der Waals surface area (Å²) >= 11 is 0. The average molecular weight is 217 g/mol. The lowest BCUT2D eigenvalue weighted by atomic mass is 10.1. The Morgan fingerprint density at radius 3 is 2.75 bits per heavy atom. The molecule has 16 heavy (non-hydrogen) atoms. The standard InChI is InChI=1S/C13H19N3/c1-9-11(6-7-16(2)3)12-8-10(14)4-5-13(12)15-9/h4-5,8,15H,6-7,14H2,1-3H3. The maximum atomic E-state index is 5.83. The zero-order valence-corrected chi connectivity index (χ0v) is 10.2. The molecule has 0 saturated heterocycles. The van der Waals surface area contributed by atoms with Crippen LogP contribution in [0.1, 0.15) is 11.3 Å². The summed E-state index contributed by atoms with van der Waals surface area (Å²) in [7, 11) is 4.19. The highest BCUT2D eigenvalue weighted by molar-refractivity contribution is 5.87. The van der Waals surface area contributed by atoms with E-state index in [4.69, 9.17) is 5.73 Å². The largest absolute Gasteiger partial charge is 0.399 e. The fourth-order valence-corrected chi connectivity index (χ4v) is 2.06. The molecule has 1 aromatic carbocycles. The van der Waals surface area contributed by atoms with Crippen molar-refractivity contribution in [2.45, 2.75) is 13.3 Å². The van der Waals surface area contributed by atoms with Crippen LogP contribution in [0.25, 0.3) is 10.9 Å². The number of aromatic nitrogens is 1. The first-order valence-corrected chi connectivity index (χ1v) is 5.59. The number of nitrogen functional groups attached to an aromatic ring is 1. The summed E-state index contributed by atoms with van der Waals surface area (Å²) < 4.78 is 0. The lowest BCUT2D eigenvalue weighted by Crippen LogP contribution is -2.15. The molecule has 0 bridgehead atoms. The molecule has 0 fully saturated rings. The number of anilines is 1. The van der Waals surface area contributed by atoms with E-state index in [1.54, 1.807) is 0 Å². The fourth-order valence-electron chi connectivity index (χ4n) is 2.06. The predicted octanol–water partition coefficient (Wildman–Crippen LogP) is 2.16. The molecular weight excluding hydrogens is 198 g/mol. The average Bonchev–Trinajstić information content (AvgIpc) is 2.51. The summed E-state index contributed by atoms with van der Waals surface area (Å²) in [5, 5.41) is 1.26. The summed E-state index contributed by atoms with van der Waals surface area (Å²) in [4.78, 5) is 5.60. The number of aryl methyl sites for hydroxylation is 1. The van der Waals surface area contributed by atoms with E-state index in [1.807, 2.05) is 6.07 Å². The number of rotatable bonds is 3. The van der Waals surface area contributed by atoms with Crippen LogP contribution in [0.4, 0.5) is 5.69 Å². The van der Waals surface area contributed by atoms with Crippen molar-refractivity contribution in [2.75, 3.05) is 26.4 Å². The third kappa shape index (κ3) is 2.04. The highest BCUT2D eigenvalue weighted by Gasteiger charge is 2.08. The molecule has 2 aromatic rings. The van der Waals surface area contributed by atoms with Gasteiger partial charge in [0.1, 0.15) is 0 Å². The summed E-state index contributed by atoms with van der Waals surface area (Å²) in [6.45, 7) is 3.18. The Morgan fingerprint density at radius 1 is 1.31 bits per heavy atom. The number of benzene rings is 1. The number of likely N-dealkylation sites (N-methyl/N-ethyl adjacent to an activating group) is 1. The number of nitrogens with two attached hydrogens (primary N) is 1. The Balaban J connectivity index is 2.42. The van der Waals surface area contributed by atoms with E-state index in [9.17, 15) is 0 Å². The second-order valence-electron chi connectivity index (χ2n) is 4.59. The Hall–Kier alpha value is -1.48. The van der Waals surface area contributed by atoms with Gasteiger partial charge >= 0.3 is 0 Å². The van der Waals surface area contributed by atoms with Gasteiger partial charge in [0, 0.05) is 28.8 Å². The highest BCUT2D eigenvalue weighted by Crippen LogP contribution is 2.24. The van der Waals surface area contributed by atoms with Crippen molar-refractivity contribution in [1.29, 1.82) is 0 Å². The number of nitrogens with one attached hydrogen (secondary N) is 1. The summed E-state index contributed by atoms with van der Waals surface area (Å²) in [6, 6.07) is 6.05. The molecule has 3 nitrogen and oxygen atoms in total. The van der Waals surface area contributed by atoms with Gasteiger partial charge in [-0.2, -0.15) is 0 Å². The second kappa shape index (κ2) is 4.18. The molecule has 1 aromatic heterocycles. The molecule has 1 heterocycles. The van der Waals surface area contributed by atoms with E-state index < -0.39 is 0 Å². The van der Waals surface area contributed by atoms with E-state index in [1.165, 1.54) is 22.2 Å². The lowest BCUT2D eigenvalue weighted by Gasteiger charge is -2.09. The van der Waals surface area contributed by atoms with Crippen molar-refractivity contribution in [3.8, 4) is 0 Å². The van der Waals surface area contributed by atoms with E-state index in [2.05, 4.69) is 43.0 Å². The lowest BCUT2D eigenvalue weighted by molar-refractivity contribution is 0.414. The molecule has 0 aliphatic carbocycles. The van der Waals surface area contributed by atoms with Gasteiger partial charge in [0.15, 0.2) is 0 Å². The molecular formula is C13H19N3. The number of aromatic amines is 1. The van der Waals surface area contributed by atoms with Gasteiger partial charge in [-0.15, -0.1) is 0 Å². The van der Waals surface area contributed by atoms with Gasteiger partial charge in [-0.25, -0.2) is 0 Å². The molecule has 0 aliphatic rings. The minimum atomic E-state index is 0.831. The fraction of sp³-hybridized carbons (Fsp3) is 0.385. The highest BCUT2D eigenvalue weighted by atomic mass is 15.0. The molecule has 0 aliphatic heterocycles. The minimum Gasteiger partial charge on any atom is -0.399 e. The quantitative estimate of drug-likeness (QED) is 0.774. The summed E-state index contributed by atoms with van der Waals surface area (Å²) in [6.07, 6.45) is 1.06. The summed E-state index contributed by atoms with van der Waals surface area (Å²) in [5.41, 5.74) is 10.5. The van der Waals surface area contributed by atoms with Crippen LogP contribution in [0.2, 0.25) is 0 Å². The van der Waals surface area contributed by atoms with Crippen LogP contribution in [-0.4, -0.2) is 30.5 Å². The molecule has 0 atom stereocenters. The minimum absolute atomic E-state index is 0.831. The Morgan fingerprint density at radius 2 is 2.06 bits per heavy atom. The van der Waals surface area contributed by atoms with Crippen LogP contribution >= 0.6 is 0 Å². The zero-order valence-electron chi connectivity index (χ0n) is 10.2. The third-order valence-electron chi connectivity index (χ3n) is 2.95. The first-order valence-electron chi connectivity index (χ1n) is 5.59. The molecule has 0 amide bonds. The van der Waals surface area contributed by atoms with Crippen LogP contribution in [-0.2, 0) is 6.42 Å². The summed E-state index contributed by atoms with van der Waals surface area (Å²) in [5.74, 6) is 0. The first-order chi connectivity index (χ1) is 7.58. The molecule has 0 saturated carbocycles. The van der Waals surface area contributed by atoms with E-state index >= 15 is 0 Å². The number of nitrogens with zero attached hydrogens (tertiary/aromatic N) is 1. The van der Waals surface area contributed by atoms with E-state index in [-0.39, 0.29) is 0 Å². The smallest absolute Gasteiger partial charge is 0.0460 e. The normalized spacial score (nSPS) is 11.5. The van der Waals surface area contributed by atoms with Crippen molar-refractivity contribution in [3.05, 3.63) is 29.5 Å². The SMILES string of the molecule is Cc1[nH]c2ccc(N)cc2c1CCN(C)C. The molecule has 3 N–H and O–H groups in total. The van der Waals surface area contributed by atoms with Gasteiger partial charge < -0.3 is 15.6 Å². The van der Waals surface area contributed by atoms with Crippen molar-refractivity contribution < 1.29 is 0 Å². The maximum Gasteiger partial charge on any atom is 0.0460 e. The van der Waals surface area contributed by atoms with E-state index in [0.29, 0.717) is 0 Å². The first kappa shape index (κ1) is 11.0. The van der Waals surface area contributed by atoms with Crippen molar-refractivity contribution in [2.24, 2.45) is 0 Å². The molecule has 0 radical (unpaired) electrons. The molecule has 86 valence electrons. The second-order valence-corrected chi connectivity index (χ2v) is 4.59. The Bertz CT molecular complexity index is 497. The van der Waals surface area contributed by atoms with Crippen molar-refractivity contribution in [1.82, 2.24) is 9.88 Å².